The van der Waals surface area contributed by atoms with Gasteiger partial charge in [0.1, 0.15) is 6.04 Å². The minimum absolute atomic E-state index is 0.0231. The Morgan fingerprint density at radius 1 is 1.33 bits per heavy atom. The van der Waals surface area contributed by atoms with E-state index in [-0.39, 0.29) is 11.9 Å². The smallest absolute Gasteiger partial charge is 0.238 e. The summed E-state index contributed by atoms with van der Waals surface area (Å²) in [5.41, 5.74) is 0.493. The molecule has 1 unspecified atom stereocenters. The lowest BCUT2D eigenvalue weighted by atomic mass is 9.75. The lowest BCUT2D eigenvalue weighted by molar-refractivity contribution is -0.128. The lowest BCUT2D eigenvalue weighted by Crippen LogP contribution is -2.61. The van der Waals surface area contributed by atoms with Gasteiger partial charge >= 0.3 is 0 Å². The minimum Gasteiger partial charge on any atom is -0.358 e. The lowest BCUT2D eigenvalue weighted by Gasteiger charge is -2.45. The molecule has 0 aromatic heterocycles. The summed E-state index contributed by atoms with van der Waals surface area (Å²) >= 11 is 0. The molecule has 2 fully saturated rings. The van der Waals surface area contributed by atoms with Crippen molar-refractivity contribution in [2.24, 2.45) is 5.41 Å². The Morgan fingerprint density at radius 2 is 2.00 bits per heavy atom. The van der Waals surface area contributed by atoms with Crippen LogP contribution in [0, 0.1) is 5.41 Å². The molecule has 1 saturated carbocycles. The fourth-order valence-corrected chi connectivity index (χ4v) is 3.28. The van der Waals surface area contributed by atoms with Crippen molar-refractivity contribution < 1.29 is 4.79 Å². The number of nitrogens with one attached hydrogen (secondary N) is 2. The van der Waals surface area contributed by atoms with E-state index in [1.54, 1.807) is 7.05 Å². The van der Waals surface area contributed by atoms with Crippen LogP contribution in [-0.4, -0.2) is 49.6 Å². The number of rotatable bonds is 2. The molecule has 4 nitrogen and oxygen atoms in total. The highest BCUT2D eigenvalue weighted by atomic mass is 16.2. The van der Waals surface area contributed by atoms with E-state index in [9.17, 15) is 4.79 Å². The van der Waals surface area contributed by atoms with E-state index in [0.717, 1.165) is 19.6 Å². The third-order valence-electron chi connectivity index (χ3n) is 4.61. The normalized spacial score (nSPS) is 30.1. The Kier molecular flexibility index (Phi) is 4.28. The van der Waals surface area contributed by atoms with Crippen LogP contribution >= 0.6 is 0 Å². The number of carbonyl (C=O) groups excluding carboxylic acids is 1. The van der Waals surface area contributed by atoms with Gasteiger partial charge in [-0.05, 0) is 31.1 Å². The number of hydrogen-bond donors (Lipinski definition) is 2. The molecule has 2 aliphatic rings. The monoisotopic (exact) mass is 253 g/mol. The molecule has 1 aliphatic carbocycles. The van der Waals surface area contributed by atoms with Crippen LogP contribution in [0.25, 0.3) is 0 Å². The van der Waals surface area contributed by atoms with Crippen LogP contribution < -0.4 is 10.6 Å². The van der Waals surface area contributed by atoms with Crippen molar-refractivity contribution >= 4 is 5.91 Å². The van der Waals surface area contributed by atoms with Gasteiger partial charge in [-0.3, -0.25) is 9.69 Å². The second-order valence-electron chi connectivity index (χ2n) is 6.47. The van der Waals surface area contributed by atoms with E-state index in [2.05, 4.69) is 29.4 Å². The molecule has 104 valence electrons. The first-order chi connectivity index (χ1) is 8.53. The second kappa shape index (κ2) is 5.57. The zero-order valence-corrected chi connectivity index (χ0v) is 12.0. The van der Waals surface area contributed by atoms with E-state index in [1.165, 1.54) is 25.7 Å². The molecule has 4 heteroatoms. The van der Waals surface area contributed by atoms with E-state index in [4.69, 9.17) is 0 Å². The molecule has 1 saturated heterocycles. The van der Waals surface area contributed by atoms with Gasteiger partial charge in [0.2, 0.25) is 5.91 Å². The Balaban J connectivity index is 1.99. The Morgan fingerprint density at radius 3 is 2.61 bits per heavy atom. The van der Waals surface area contributed by atoms with Crippen LogP contribution in [0.5, 0.6) is 0 Å². The molecule has 0 aromatic carbocycles. The van der Waals surface area contributed by atoms with Crippen molar-refractivity contribution in [1.82, 2.24) is 15.5 Å². The van der Waals surface area contributed by atoms with Crippen molar-refractivity contribution in [2.45, 2.75) is 51.6 Å². The molecule has 1 aliphatic heterocycles. The predicted octanol–water partition coefficient (Wildman–Crippen LogP) is 0.975. The van der Waals surface area contributed by atoms with Crippen LogP contribution in [0.1, 0.15) is 39.5 Å². The maximum Gasteiger partial charge on any atom is 0.238 e. The summed E-state index contributed by atoms with van der Waals surface area (Å²) in [4.78, 5) is 14.4. The summed E-state index contributed by atoms with van der Waals surface area (Å²) in [7, 11) is 1.74. The topological polar surface area (TPSA) is 44.4 Å². The molecular formula is C14H27N3O. The van der Waals surface area contributed by atoms with Gasteiger partial charge in [0.05, 0.1) is 0 Å². The molecule has 1 atom stereocenters. The van der Waals surface area contributed by atoms with E-state index >= 15 is 0 Å². The Hall–Kier alpha value is -0.610. The van der Waals surface area contributed by atoms with E-state index in [0.29, 0.717) is 11.5 Å². The van der Waals surface area contributed by atoms with E-state index in [1.807, 2.05) is 0 Å². The number of hydrogen-bond acceptors (Lipinski definition) is 3. The quantitative estimate of drug-likeness (QED) is 0.771. The summed E-state index contributed by atoms with van der Waals surface area (Å²) in [6, 6.07) is 0.623. The van der Waals surface area contributed by atoms with Crippen molar-refractivity contribution in [3.8, 4) is 0 Å². The number of likely N-dealkylation sites (N-methyl/N-ethyl adjacent to an activating group) is 1. The largest absolute Gasteiger partial charge is 0.358 e. The highest BCUT2D eigenvalue weighted by molar-refractivity contribution is 5.81. The zero-order valence-electron chi connectivity index (χ0n) is 12.0. The van der Waals surface area contributed by atoms with Crippen molar-refractivity contribution in [2.75, 3.05) is 26.7 Å². The number of amides is 1. The van der Waals surface area contributed by atoms with Gasteiger partial charge in [-0.2, -0.15) is 0 Å². The first-order valence-electron chi connectivity index (χ1n) is 7.21. The maximum atomic E-state index is 12.0. The van der Waals surface area contributed by atoms with E-state index < -0.39 is 0 Å². The molecule has 0 spiro atoms. The molecule has 0 aromatic rings. The average Bonchev–Trinajstić information content (AvgIpc) is 2.38. The molecule has 18 heavy (non-hydrogen) atoms. The fourth-order valence-electron chi connectivity index (χ4n) is 3.28. The van der Waals surface area contributed by atoms with Crippen LogP contribution in [0.3, 0.4) is 0 Å². The van der Waals surface area contributed by atoms with Crippen molar-refractivity contribution in [3.05, 3.63) is 0 Å². The van der Waals surface area contributed by atoms with Gasteiger partial charge < -0.3 is 10.6 Å². The van der Waals surface area contributed by atoms with Crippen LogP contribution in [0.2, 0.25) is 0 Å². The molecule has 2 N–H and O–H groups in total. The van der Waals surface area contributed by atoms with Crippen molar-refractivity contribution in [3.63, 3.8) is 0 Å². The number of nitrogens with zero attached hydrogens (tertiary/aromatic N) is 1. The summed E-state index contributed by atoms with van der Waals surface area (Å²) in [5.74, 6) is 0.159. The Labute approximate surface area is 110 Å². The predicted molar refractivity (Wildman–Crippen MR) is 73.5 cm³/mol. The van der Waals surface area contributed by atoms with Gasteiger partial charge in [0.25, 0.3) is 0 Å². The van der Waals surface area contributed by atoms with Gasteiger partial charge in [-0.1, -0.05) is 13.8 Å². The van der Waals surface area contributed by atoms with Crippen LogP contribution in [0.15, 0.2) is 0 Å². The van der Waals surface area contributed by atoms with Crippen LogP contribution in [-0.2, 0) is 4.79 Å². The SMILES string of the molecule is CNC(=O)C1CNCCN1C1CCC(C)(C)CC1. The van der Waals surface area contributed by atoms with Crippen molar-refractivity contribution in [1.29, 1.82) is 0 Å². The summed E-state index contributed by atoms with van der Waals surface area (Å²) in [6.45, 7) is 7.52. The fraction of sp³-hybridized carbons (Fsp3) is 0.929. The first kappa shape index (κ1) is 13.8. The Bertz CT molecular complexity index is 293. The highest BCUT2D eigenvalue weighted by Gasteiger charge is 2.36. The van der Waals surface area contributed by atoms with Gasteiger partial charge in [-0.15, -0.1) is 0 Å². The number of carbonyl (C=O) groups is 1. The molecular weight excluding hydrogens is 226 g/mol. The van der Waals surface area contributed by atoms with Gasteiger partial charge in [0.15, 0.2) is 0 Å². The minimum atomic E-state index is 0.0231. The number of piperazine rings is 1. The van der Waals surface area contributed by atoms with Gasteiger partial charge in [0, 0.05) is 32.7 Å². The van der Waals surface area contributed by atoms with Gasteiger partial charge in [-0.25, -0.2) is 0 Å². The second-order valence-corrected chi connectivity index (χ2v) is 6.47. The molecule has 2 rings (SSSR count). The maximum absolute atomic E-state index is 12.0. The molecule has 1 heterocycles. The van der Waals surface area contributed by atoms with Crippen LogP contribution in [0.4, 0.5) is 0 Å². The molecule has 1 amide bonds. The standard InChI is InChI=1S/C14H27N3O/c1-14(2)6-4-11(5-7-14)17-9-8-16-10-12(17)13(18)15-3/h11-12,16H,4-10H2,1-3H3,(H,15,18). The summed E-state index contributed by atoms with van der Waals surface area (Å²) in [5, 5.41) is 6.13. The third kappa shape index (κ3) is 3.04. The summed E-state index contributed by atoms with van der Waals surface area (Å²) in [6.07, 6.45) is 5.03. The molecule has 0 radical (unpaired) electrons. The third-order valence-corrected chi connectivity index (χ3v) is 4.61. The first-order valence-corrected chi connectivity index (χ1v) is 7.21. The summed E-state index contributed by atoms with van der Waals surface area (Å²) < 4.78 is 0. The zero-order chi connectivity index (χ0) is 13.2. The molecule has 0 bridgehead atoms. The highest BCUT2D eigenvalue weighted by Crippen LogP contribution is 2.37. The average molecular weight is 253 g/mol.